The first kappa shape index (κ1) is 24.6. The molecule has 0 saturated heterocycles. The maximum Gasteiger partial charge on any atom is 0.351 e. The Labute approximate surface area is 221 Å². The van der Waals surface area contributed by atoms with Gasteiger partial charge in [0.1, 0.15) is 11.3 Å². The molecule has 0 bridgehead atoms. The summed E-state index contributed by atoms with van der Waals surface area (Å²) < 4.78 is 39.5. The van der Waals surface area contributed by atoms with Gasteiger partial charge in [-0.15, -0.1) is 0 Å². The lowest BCUT2D eigenvalue weighted by Gasteiger charge is -2.23. The molecule has 6 rings (SSSR count). The lowest BCUT2D eigenvalue weighted by atomic mass is 9.94. The molecule has 10 heteroatoms. The number of fused-ring (bicyclic) bond motifs is 2. The molecule has 1 aliphatic rings. The van der Waals surface area contributed by atoms with Crippen molar-refractivity contribution in [1.29, 1.82) is 0 Å². The van der Waals surface area contributed by atoms with Crippen LogP contribution in [0.2, 0.25) is 0 Å². The van der Waals surface area contributed by atoms with Gasteiger partial charge in [0, 0.05) is 34.5 Å². The van der Waals surface area contributed by atoms with Crippen LogP contribution in [-0.4, -0.2) is 39.9 Å². The molecule has 0 aliphatic carbocycles. The van der Waals surface area contributed by atoms with Gasteiger partial charge in [0.2, 0.25) is 0 Å². The van der Waals surface area contributed by atoms with Crippen molar-refractivity contribution in [1.82, 2.24) is 18.7 Å². The second kappa shape index (κ2) is 8.95. The number of methoxy groups -OCH3 is 1. The van der Waals surface area contributed by atoms with Crippen molar-refractivity contribution in [3.8, 4) is 33.8 Å². The van der Waals surface area contributed by atoms with E-state index in [0.29, 0.717) is 40.2 Å². The van der Waals surface area contributed by atoms with Gasteiger partial charge in [0.15, 0.2) is 11.6 Å². The van der Waals surface area contributed by atoms with Gasteiger partial charge in [0.25, 0.3) is 5.56 Å². The number of nitrogens with zero attached hydrogens (tertiary/aromatic N) is 4. The van der Waals surface area contributed by atoms with Gasteiger partial charge in [-0.05, 0) is 50.0 Å². The third kappa shape index (κ3) is 3.59. The first-order chi connectivity index (χ1) is 18.7. The Hall–Kier alpha value is -4.70. The van der Waals surface area contributed by atoms with E-state index in [1.54, 1.807) is 28.8 Å². The standard InChI is InChI=1S/C29H25F2N5O3/c1-33(2)14-20-24(16-10-12-17(32)13-11-16)26-18-6-4-7-21(30)19(18)15-34-29(38)35(28(37)27(20)36(26)34)22-8-5-9-23(39-3)25(22)31/h4-13H,14-15,32H2,1-3H3. The normalized spacial score (nSPS) is 12.3. The summed E-state index contributed by atoms with van der Waals surface area (Å²) >= 11 is 0. The van der Waals surface area contributed by atoms with Crippen LogP contribution in [0.15, 0.2) is 70.3 Å². The highest BCUT2D eigenvalue weighted by atomic mass is 19.1. The van der Waals surface area contributed by atoms with Gasteiger partial charge < -0.3 is 15.4 Å². The fourth-order valence-electron chi connectivity index (χ4n) is 5.41. The average molecular weight is 530 g/mol. The topological polar surface area (TPSA) is 86.9 Å². The van der Waals surface area contributed by atoms with Crippen LogP contribution in [0.25, 0.3) is 33.6 Å². The number of hydrogen-bond donors (Lipinski definition) is 1. The first-order valence-corrected chi connectivity index (χ1v) is 12.3. The molecule has 0 spiro atoms. The predicted octanol–water partition coefficient (Wildman–Crippen LogP) is 3.88. The highest BCUT2D eigenvalue weighted by molar-refractivity contribution is 5.92. The van der Waals surface area contributed by atoms with Crippen molar-refractivity contribution in [2.75, 3.05) is 26.9 Å². The van der Waals surface area contributed by atoms with E-state index in [4.69, 9.17) is 10.5 Å². The maximum atomic E-state index is 15.4. The number of hydrogen-bond acceptors (Lipinski definition) is 5. The predicted molar refractivity (Wildman–Crippen MR) is 145 cm³/mol. The van der Waals surface area contributed by atoms with E-state index in [1.807, 2.05) is 31.1 Å². The molecule has 0 saturated carbocycles. The molecule has 0 radical (unpaired) electrons. The second-order valence-corrected chi connectivity index (χ2v) is 9.76. The van der Waals surface area contributed by atoms with Crippen molar-refractivity contribution in [2.45, 2.75) is 13.1 Å². The fourth-order valence-corrected chi connectivity index (χ4v) is 5.41. The van der Waals surface area contributed by atoms with Crippen molar-refractivity contribution < 1.29 is 13.5 Å². The Morgan fingerprint density at radius 2 is 1.72 bits per heavy atom. The Morgan fingerprint density at radius 1 is 1.00 bits per heavy atom. The second-order valence-electron chi connectivity index (χ2n) is 9.76. The molecule has 3 heterocycles. The number of halogens is 2. The summed E-state index contributed by atoms with van der Waals surface area (Å²) in [6.45, 7) is 0.176. The molecule has 3 aromatic carbocycles. The number of rotatable bonds is 5. The highest BCUT2D eigenvalue weighted by Crippen LogP contribution is 2.42. The zero-order chi connectivity index (χ0) is 27.6. The van der Waals surface area contributed by atoms with Crippen LogP contribution < -0.4 is 21.7 Å². The van der Waals surface area contributed by atoms with Crippen LogP contribution in [0.3, 0.4) is 0 Å². The molecular weight excluding hydrogens is 504 g/mol. The first-order valence-electron chi connectivity index (χ1n) is 12.3. The Bertz CT molecular complexity index is 1900. The summed E-state index contributed by atoms with van der Waals surface area (Å²) in [5.41, 5.74) is 8.40. The SMILES string of the molecule is COc1cccc(-n2c(=O)c3c(CN(C)C)c(-c4ccc(N)cc4)c4n3n(c2=O)Cc2c(F)cccc2-4)c1F. The zero-order valence-corrected chi connectivity index (χ0v) is 21.5. The van der Waals surface area contributed by atoms with Crippen LogP contribution in [-0.2, 0) is 13.1 Å². The number of nitrogens with two attached hydrogens (primary N) is 1. The molecule has 0 unspecified atom stereocenters. The Morgan fingerprint density at radius 3 is 2.41 bits per heavy atom. The minimum atomic E-state index is -0.849. The lowest BCUT2D eigenvalue weighted by Crippen LogP contribution is -2.44. The van der Waals surface area contributed by atoms with Crippen LogP contribution >= 0.6 is 0 Å². The number of nitrogen functional groups attached to an aromatic ring is 1. The van der Waals surface area contributed by atoms with Crippen molar-refractivity contribution in [2.24, 2.45) is 0 Å². The quantitative estimate of drug-likeness (QED) is 0.343. The summed E-state index contributed by atoms with van der Waals surface area (Å²) in [5, 5.41) is 0. The molecular formula is C29H25F2N5O3. The minimum absolute atomic E-state index is 0.110. The van der Waals surface area contributed by atoms with Crippen molar-refractivity contribution >= 4 is 11.2 Å². The molecule has 39 heavy (non-hydrogen) atoms. The van der Waals surface area contributed by atoms with Gasteiger partial charge >= 0.3 is 5.69 Å². The monoisotopic (exact) mass is 529 g/mol. The number of ether oxygens (including phenoxy) is 1. The summed E-state index contributed by atoms with van der Waals surface area (Å²) in [5.74, 6) is -1.44. The summed E-state index contributed by atoms with van der Waals surface area (Å²) in [7, 11) is 5.02. The molecule has 5 aromatic rings. The molecule has 0 atom stereocenters. The number of aromatic nitrogens is 3. The van der Waals surface area contributed by atoms with E-state index in [1.165, 1.54) is 36.1 Å². The maximum absolute atomic E-state index is 15.4. The molecule has 0 amide bonds. The van der Waals surface area contributed by atoms with Gasteiger partial charge in [0.05, 0.1) is 25.0 Å². The van der Waals surface area contributed by atoms with Gasteiger partial charge in [-0.1, -0.05) is 30.3 Å². The smallest absolute Gasteiger partial charge is 0.351 e. The third-order valence-corrected chi connectivity index (χ3v) is 7.07. The summed E-state index contributed by atoms with van der Waals surface area (Å²) in [4.78, 5) is 30.1. The highest BCUT2D eigenvalue weighted by Gasteiger charge is 2.33. The average Bonchev–Trinajstić information content (AvgIpc) is 3.24. The van der Waals surface area contributed by atoms with Gasteiger partial charge in [-0.3, -0.25) is 4.79 Å². The lowest BCUT2D eigenvalue weighted by molar-refractivity contribution is 0.385. The minimum Gasteiger partial charge on any atom is -0.494 e. The largest absolute Gasteiger partial charge is 0.494 e. The van der Waals surface area contributed by atoms with E-state index in [-0.39, 0.29) is 23.5 Å². The third-order valence-electron chi connectivity index (χ3n) is 7.07. The van der Waals surface area contributed by atoms with E-state index in [9.17, 15) is 9.59 Å². The van der Waals surface area contributed by atoms with Crippen molar-refractivity contribution in [3.63, 3.8) is 0 Å². The van der Waals surface area contributed by atoms with Crippen LogP contribution in [0, 0.1) is 11.6 Å². The number of benzene rings is 3. The summed E-state index contributed by atoms with van der Waals surface area (Å²) in [6.07, 6.45) is 0. The molecule has 2 aromatic heterocycles. The van der Waals surface area contributed by atoms with Gasteiger partial charge in [-0.25, -0.2) is 27.3 Å². The van der Waals surface area contributed by atoms with Crippen molar-refractivity contribution in [3.05, 3.63) is 104 Å². The van der Waals surface area contributed by atoms with Crippen LogP contribution in [0.1, 0.15) is 11.1 Å². The fraction of sp³-hybridized carbons (Fsp3) is 0.172. The van der Waals surface area contributed by atoms with E-state index in [2.05, 4.69) is 0 Å². The number of anilines is 1. The molecule has 1 aliphatic heterocycles. The van der Waals surface area contributed by atoms with E-state index in [0.717, 1.165) is 10.1 Å². The molecule has 2 N–H and O–H groups in total. The molecule has 0 fully saturated rings. The Kier molecular flexibility index (Phi) is 5.65. The van der Waals surface area contributed by atoms with Crippen LogP contribution in [0.5, 0.6) is 5.75 Å². The van der Waals surface area contributed by atoms with Crippen LogP contribution in [0.4, 0.5) is 14.5 Å². The molecule has 8 nitrogen and oxygen atoms in total. The Balaban J connectivity index is 1.86. The summed E-state index contributed by atoms with van der Waals surface area (Å²) in [6, 6.07) is 16.1. The van der Waals surface area contributed by atoms with E-state index < -0.39 is 22.9 Å². The van der Waals surface area contributed by atoms with E-state index >= 15 is 8.78 Å². The zero-order valence-electron chi connectivity index (χ0n) is 21.5. The van der Waals surface area contributed by atoms with Gasteiger partial charge in [-0.2, -0.15) is 0 Å². The molecule has 198 valence electrons.